The maximum Gasteiger partial charge on any atom is 0.233 e. The summed E-state index contributed by atoms with van der Waals surface area (Å²) in [5, 5.41) is 12.3. The van der Waals surface area contributed by atoms with E-state index in [1.54, 1.807) is 12.1 Å². The van der Waals surface area contributed by atoms with Gasteiger partial charge in [-0.1, -0.05) is 30.3 Å². The van der Waals surface area contributed by atoms with Crippen molar-refractivity contribution >= 4 is 16.7 Å². The van der Waals surface area contributed by atoms with Crippen molar-refractivity contribution in [1.82, 2.24) is 5.32 Å². The fourth-order valence-electron chi connectivity index (χ4n) is 2.88. The van der Waals surface area contributed by atoms with E-state index in [9.17, 15) is 14.1 Å². The molecule has 0 aromatic heterocycles. The fraction of sp³-hybridized carbons (Fsp3) is 0.278. The van der Waals surface area contributed by atoms with Crippen LogP contribution in [0.3, 0.4) is 0 Å². The second-order valence-electron chi connectivity index (χ2n) is 5.83. The van der Waals surface area contributed by atoms with Gasteiger partial charge >= 0.3 is 0 Å². The van der Waals surface area contributed by atoms with Crippen LogP contribution in [0.5, 0.6) is 5.75 Å². The van der Waals surface area contributed by atoms with E-state index < -0.39 is 10.8 Å². The van der Waals surface area contributed by atoms with Crippen LogP contribution in [-0.4, -0.2) is 21.0 Å². The summed E-state index contributed by atoms with van der Waals surface area (Å²) in [5.41, 5.74) is 0.798. The third kappa shape index (κ3) is 3.45. The summed E-state index contributed by atoms with van der Waals surface area (Å²) in [6.45, 7) is 0. The second-order valence-corrected chi connectivity index (χ2v) is 7.28. The molecule has 1 aliphatic rings. The van der Waals surface area contributed by atoms with E-state index in [4.69, 9.17) is 0 Å². The maximum atomic E-state index is 12.3. The molecule has 1 saturated carbocycles. The average molecular weight is 329 g/mol. The molecule has 0 radical (unpaired) electrons. The van der Waals surface area contributed by atoms with Gasteiger partial charge in [-0.25, -0.2) is 0 Å². The van der Waals surface area contributed by atoms with Gasteiger partial charge in [-0.3, -0.25) is 9.00 Å². The largest absolute Gasteiger partial charge is 0.508 e. The minimum absolute atomic E-state index is 0.0701. The van der Waals surface area contributed by atoms with E-state index in [0.717, 1.165) is 24.8 Å². The first-order valence-electron chi connectivity index (χ1n) is 7.63. The van der Waals surface area contributed by atoms with Gasteiger partial charge in [-0.2, -0.15) is 0 Å². The molecule has 120 valence electrons. The summed E-state index contributed by atoms with van der Waals surface area (Å²) in [6.07, 6.45) is 2.90. The molecule has 2 N–H and O–H groups in total. The zero-order chi connectivity index (χ0) is 16.3. The minimum Gasteiger partial charge on any atom is -0.508 e. The van der Waals surface area contributed by atoms with Crippen molar-refractivity contribution in [2.75, 3.05) is 5.75 Å². The summed E-state index contributed by atoms with van der Waals surface area (Å²) in [5.74, 6) is -0.160. The van der Waals surface area contributed by atoms with Crippen LogP contribution in [-0.2, 0) is 21.1 Å². The normalized spacial score (nSPS) is 17.0. The number of carbonyl (C=O) groups is 1. The standard InChI is InChI=1S/C18H19NO3S/c20-15-7-9-16(10-8-15)23(22)13-17(21)19-18(11-4-12-18)14-5-2-1-3-6-14/h1-3,5-10,20H,4,11-13H2,(H,19,21)/t23-/m1/s1. The number of benzene rings is 2. The molecular weight excluding hydrogens is 310 g/mol. The molecule has 23 heavy (non-hydrogen) atoms. The third-order valence-electron chi connectivity index (χ3n) is 4.27. The number of phenolic OH excluding ortho intramolecular Hbond substituents is 1. The SMILES string of the molecule is O=C(C[S@@](=O)c1ccc(O)cc1)NC1(c2ccccc2)CCC1. The highest BCUT2D eigenvalue weighted by atomic mass is 32.2. The zero-order valence-electron chi connectivity index (χ0n) is 12.7. The van der Waals surface area contributed by atoms with Crippen LogP contribution in [0, 0.1) is 0 Å². The minimum atomic E-state index is -1.41. The van der Waals surface area contributed by atoms with E-state index >= 15 is 0 Å². The summed E-state index contributed by atoms with van der Waals surface area (Å²) < 4.78 is 12.3. The summed E-state index contributed by atoms with van der Waals surface area (Å²) in [6, 6.07) is 16.0. The van der Waals surface area contributed by atoms with Gasteiger partial charge in [-0.15, -0.1) is 0 Å². The van der Waals surface area contributed by atoms with Crippen molar-refractivity contribution in [1.29, 1.82) is 0 Å². The number of rotatable bonds is 5. The monoisotopic (exact) mass is 329 g/mol. The maximum absolute atomic E-state index is 12.3. The van der Waals surface area contributed by atoms with E-state index in [-0.39, 0.29) is 22.9 Å². The van der Waals surface area contributed by atoms with Crippen molar-refractivity contribution in [3.8, 4) is 5.75 Å². The van der Waals surface area contributed by atoms with Crippen LogP contribution in [0.2, 0.25) is 0 Å². The molecule has 0 saturated heterocycles. The molecule has 1 amide bonds. The molecular formula is C18H19NO3S. The van der Waals surface area contributed by atoms with Crippen molar-refractivity contribution in [2.45, 2.75) is 29.7 Å². The van der Waals surface area contributed by atoms with Crippen LogP contribution in [0.4, 0.5) is 0 Å². The zero-order valence-corrected chi connectivity index (χ0v) is 13.5. The Labute approximate surface area is 138 Å². The number of aromatic hydroxyl groups is 1. The molecule has 1 fully saturated rings. The van der Waals surface area contributed by atoms with Crippen molar-refractivity contribution < 1.29 is 14.1 Å². The Kier molecular flexibility index (Phi) is 4.48. The summed E-state index contributed by atoms with van der Waals surface area (Å²) in [7, 11) is -1.41. The number of hydrogen-bond acceptors (Lipinski definition) is 3. The quantitative estimate of drug-likeness (QED) is 0.886. The summed E-state index contributed by atoms with van der Waals surface area (Å²) >= 11 is 0. The van der Waals surface area contributed by atoms with Gasteiger partial charge in [0.25, 0.3) is 0 Å². The highest BCUT2D eigenvalue weighted by molar-refractivity contribution is 7.85. The summed E-state index contributed by atoms with van der Waals surface area (Å²) in [4.78, 5) is 12.9. The van der Waals surface area contributed by atoms with Gasteiger partial charge < -0.3 is 10.4 Å². The third-order valence-corrected chi connectivity index (χ3v) is 5.60. The highest BCUT2D eigenvalue weighted by Gasteiger charge is 2.39. The Bertz CT molecular complexity index is 709. The van der Waals surface area contributed by atoms with Crippen molar-refractivity contribution in [3.63, 3.8) is 0 Å². The lowest BCUT2D eigenvalue weighted by atomic mass is 9.72. The molecule has 0 spiro atoms. The molecule has 4 nitrogen and oxygen atoms in total. The van der Waals surface area contributed by atoms with Crippen LogP contribution >= 0.6 is 0 Å². The lowest BCUT2D eigenvalue weighted by molar-refractivity contribution is -0.121. The molecule has 0 unspecified atom stereocenters. The predicted molar refractivity (Wildman–Crippen MR) is 89.5 cm³/mol. The van der Waals surface area contributed by atoms with Crippen molar-refractivity contribution in [2.24, 2.45) is 0 Å². The number of nitrogens with one attached hydrogen (secondary N) is 1. The van der Waals surface area contributed by atoms with E-state index in [2.05, 4.69) is 5.32 Å². The Hall–Kier alpha value is -2.14. The molecule has 5 heteroatoms. The van der Waals surface area contributed by atoms with Gasteiger partial charge in [0.05, 0.1) is 16.3 Å². The predicted octanol–water partition coefficient (Wildman–Crippen LogP) is 2.70. The average Bonchev–Trinajstić information content (AvgIpc) is 2.52. The molecule has 1 atom stereocenters. The molecule has 0 aliphatic heterocycles. The molecule has 3 rings (SSSR count). The number of amides is 1. The first-order chi connectivity index (χ1) is 11.1. The first kappa shape index (κ1) is 15.7. The molecule has 1 aliphatic carbocycles. The number of phenols is 1. The van der Waals surface area contributed by atoms with Gasteiger partial charge in [0, 0.05) is 4.90 Å². The molecule has 2 aromatic rings. The lowest BCUT2D eigenvalue weighted by Gasteiger charge is -2.43. The Morgan fingerprint density at radius 1 is 1.09 bits per heavy atom. The van der Waals surface area contributed by atoms with Gasteiger partial charge in [0.2, 0.25) is 5.91 Å². The van der Waals surface area contributed by atoms with E-state index in [1.165, 1.54) is 12.1 Å². The van der Waals surface area contributed by atoms with Gasteiger partial charge in [-0.05, 0) is 49.1 Å². The number of carbonyl (C=O) groups excluding carboxylic acids is 1. The second kappa shape index (κ2) is 6.54. The molecule has 0 heterocycles. The fourth-order valence-corrected chi connectivity index (χ4v) is 3.79. The van der Waals surface area contributed by atoms with Crippen LogP contribution in [0.1, 0.15) is 24.8 Å². The van der Waals surface area contributed by atoms with Crippen LogP contribution in [0.15, 0.2) is 59.5 Å². The topological polar surface area (TPSA) is 66.4 Å². The molecule has 0 bridgehead atoms. The lowest BCUT2D eigenvalue weighted by Crippen LogP contribution is -2.51. The first-order valence-corrected chi connectivity index (χ1v) is 8.95. The Balaban J connectivity index is 1.67. The number of hydrogen-bond donors (Lipinski definition) is 2. The Morgan fingerprint density at radius 3 is 2.30 bits per heavy atom. The van der Waals surface area contributed by atoms with Gasteiger partial charge in [0.15, 0.2) is 0 Å². The van der Waals surface area contributed by atoms with E-state index in [0.29, 0.717) is 4.90 Å². The van der Waals surface area contributed by atoms with Crippen LogP contribution in [0.25, 0.3) is 0 Å². The van der Waals surface area contributed by atoms with Gasteiger partial charge in [0.1, 0.15) is 11.5 Å². The smallest absolute Gasteiger partial charge is 0.233 e. The molecule has 2 aromatic carbocycles. The van der Waals surface area contributed by atoms with Crippen LogP contribution < -0.4 is 5.32 Å². The van der Waals surface area contributed by atoms with Crippen molar-refractivity contribution in [3.05, 3.63) is 60.2 Å². The highest BCUT2D eigenvalue weighted by Crippen LogP contribution is 2.41. The Morgan fingerprint density at radius 2 is 1.74 bits per heavy atom. The van der Waals surface area contributed by atoms with E-state index in [1.807, 2.05) is 30.3 Å².